The molecule has 0 spiro atoms. The molecule has 0 bridgehead atoms. The summed E-state index contributed by atoms with van der Waals surface area (Å²) in [7, 11) is 0. The fourth-order valence-electron chi connectivity index (χ4n) is 1.39. The topological polar surface area (TPSA) is 20.2 Å². The largest absolute Gasteiger partial charge is 0.506 e. The average Bonchev–Trinajstić information content (AvgIpc) is 2.24. The standard InChI is InChI=1S/C12H9ClOS/c13-9-6-4-8(5-7-9)10-2-1-3-11(15)12(10)14/h1-7,14-15H. The summed E-state index contributed by atoms with van der Waals surface area (Å²) in [4.78, 5) is 0.572. The molecule has 0 saturated carbocycles. The first-order valence-electron chi connectivity index (χ1n) is 4.45. The first-order valence-corrected chi connectivity index (χ1v) is 5.28. The van der Waals surface area contributed by atoms with Crippen LogP contribution in [0.4, 0.5) is 0 Å². The lowest BCUT2D eigenvalue weighted by Crippen LogP contribution is -1.79. The molecule has 76 valence electrons. The Labute approximate surface area is 98.7 Å². The molecule has 2 aromatic carbocycles. The maximum atomic E-state index is 9.81. The minimum absolute atomic E-state index is 0.197. The van der Waals surface area contributed by atoms with Gasteiger partial charge in [0.15, 0.2) is 0 Å². The van der Waals surface area contributed by atoms with E-state index in [1.54, 1.807) is 18.2 Å². The minimum Gasteiger partial charge on any atom is -0.506 e. The molecule has 0 fully saturated rings. The summed E-state index contributed by atoms with van der Waals surface area (Å²) in [6.07, 6.45) is 0. The molecule has 15 heavy (non-hydrogen) atoms. The van der Waals surface area contributed by atoms with E-state index in [1.165, 1.54) is 0 Å². The van der Waals surface area contributed by atoms with Crippen molar-refractivity contribution in [2.45, 2.75) is 4.90 Å². The molecule has 0 aliphatic rings. The molecule has 0 heterocycles. The summed E-state index contributed by atoms with van der Waals surface area (Å²) in [6, 6.07) is 12.8. The van der Waals surface area contributed by atoms with Crippen molar-refractivity contribution in [3.05, 3.63) is 47.5 Å². The molecule has 0 saturated heterocycles. The molecule has 0 aromatic heterocycles. The van der Waals surface area contributed by atoms with Gasteiger partial charge in [0.05, 0.1) is 0 Å². The molecule has 1 N–H and O–H groups in total. The summed E-state index contributed by atoms with van der Waals surface area (Å²) in [6.45, 7) is 0. The Bertz CT molecular complexity index is 479. The van der Waals surface area contributed by atoms with E-state index in [-0.39, 0.29) is 5.75 Å². The Kier molecular flexibility index (Phi) is 2.89. The molecule has 1 nitrogen and oxygen atoms in total. The van der Waals surface area contributed by atoms with Crippen molar-refractivity contribution in [3.63, 3.8) is 0 Å². The van der Waals surface area contributed by atoms with E-state index in [2.05, 4.69) is 12.6 Å². The van der Waals surface area contributed by atoms with Gasteiger partial charge in [0.25, 0.3) is 0 Å². The van der Waals surface area contributed by atoms with Crippen LogP contribution in [0.25, 0.3) is 11.1 Å². The third kappa shape index (κ3) is 2.11. The van der Waals surface area contributed by atoms with Crippen LogP contribution >= 0.6 is 24.2 Å². The number of phenols is 1. The van der Waals surface area contributed by atoms with Gasteiger partial charge in [0.1, 0.15) is 5.75 Å². The number of halogens is 1. The highest BCUT2D eigenvalue weighted by Crippen LogP contribution is 2.34. The highest BCUT2D eigenvalue weighted by atomic mass is 35.5. The van der Waals surface area contributed by atoms with Crippen LogP contribution in [-0.4, -0.2) is 5.11 Å². The van der Waals surface area contributed by atoms with Crippen molar-refractivity contribution in [1.29, 1.82) is 0 Å². The number of thiol groups is 1. The summed E-state index contributed by atoms with van der Waals surface area (Å²) >= 11 is 9.95. The number of para-hydroxylation sites is 1. The van der Waals surface area contributed by atoms with Gasteiger partial charge in [-0.05, 0) is 23.8 Å². The predicted molar refractivity (Wildman–Crippen MR) is 65.8 cm³/mol. The fourth-order valence-corrected chi connectivity index (χ4v) is 1.73. The quantitative estimate of drug-likeness (QED) is 0.717. The van der Waals surface area contributed by atoms with E-state index in [0.717, 1.165) is 11.1 Å². The summed E-state index contributed by atoms with van der Waals surface area (Å²) < 4.78 is 0. The SMILES string of the molecule is Oc1c(S)cccc1-c1ccc(Cl)cc1. The van der Waals surface area contributed by atoms with Gasteiger partial charge >= 0.3 is 0 Å². The first-order chi connectivity index (χ1) is 7.18. The van der Waals surface area contributed by atoms with Crippen molar-refractivity contribution in [1.82, 2.24) is 0 Å². The van der Waals surface area contributed by atoms with Crippen LogP contribution in [0.5, 0.6) is 5.75 Å². The van der Waals surface area contributed by atoms with Crippen LogP contribution in [0.2, 0.25) is 5.02 Å². The van der Waals surface area contributed by atoms with Gasteiger partial charge in [-0.1, -0.05) is 35.9 Å². The molecule has 3 heteroatoms. The van der Waals surface area contributed by atoms with Crippen LogP contribution < -0.4 is 0 Å². The first kappa shape index (κ1) is 10.4. The zero-order chi connectivity index (χ0) is 10.8. The Morgan fingerprint density at radius 2 is 1.67 bits per heavy atom. The number of rotatable bonds is 1. The monoisotopic (exact) mass is 236 g/mol. The van der Waals surface area contributed by atoms with Gasteiger partial charge in [-0.15, -0.1) is 12.6 Å². The average molecular weight is 237 g/mol. The van der Waals surface area contributed by atoms with Gasteiger partial charge in [-0.25, -0.2) is 0 Å². The third-order valence-electron chi connectivity index (χ3n) is 2.17. The lowest BCUT2D eigenvalue weighted by molar-refractivity contribution is 0.465. The third-order valence-corrected chi connectivity index (χ3v) is 2.78. The van der Waals surface area contributed by atoms with Crippen LogP contribution in [0, 0.1) is 0 Å². The van der Waals surface area contributed by atoms with Crippen LogP contribution in [0.15, 0.2) is 47.4 Å². The van der Waals surface area contributed by atoms with Crippen LogP contribution in [0.3, 0.4) is 0 Å². The van der Waals surface area contributed by atoms with E-state index in [4.69, 9.17) is 11.6 Å². The molecule has 2 aromatic rings. The van der Waals surface area contributed by atoms with E-state index in [9.17, 15) is 5.11 Å². The van der Waals surface area contributed by atoms with E-state index in [0.29, 0.717) is 9.92 Å². The fraction of sp³-hybridized carbons (Fsp3) is 0. The summed E-state index contributed by atoms with van der Waals surface area (Å²) in [5, 5.41) is 10.5. The maximum Gasteiger partial charge on any atom is 0.136 e. The molecular weight excluding hydrogens is 228 g/mol. The Morgan fingerprint density at radius 1 is 1.00 bits per heavy atom. The van der Waals surface area contributed by atoms with E-state index < -0.39 is 0 Å². The Morgan fingerprint density at radius 3 is 2.33 bits per heavy atom. The van der Waals surface area contributed by atoms with Crippen molar-refractivity contribution >= 4 is 24.2 Å². The highest BCUT2D eigenvalue weighted by Gasteiger charge is 2.05. The second-order valence-electron chi connectivity index (χ2n) is 3.18. The zero-order valence-electron chi connectivity index (χ0n) is 7.81. The van der Waals surface area contributed by atoms with Gasteiger partial charge in [0, 0.05) is 15.5 Å². The van der Waals surface area contributed by atoms with Gasteiger partial charge in [-0.3, -0.25) is 0 Å². The van der Waals surface area contributed by atoms with Crippen molar-refractivity contribution in [2.75, 3.05) is 0 Å². The number of hydrogen-bond acceptors (Lipinski definition) is 2. The molecular formula is C12H9ClOS. The minimum atomic E-state index is 0.197. The lowest BCUT2D eigenvalue weighted by Gasteiger charge is -2.06. The summed E-state index contributed by atoms with van der Waals surface area (Å²) in [5.74, 6) is 0.197. The number of phenolic OH excluding ortho intramolecular Hbond substituents is 1. The number of benzene rings is 2. The highest BCUT2D eigenvalue weighted by molar-refractivity contribution is 7.80. The zero-order valence-corrected chi connectivity index (χ0v) is 9.46. The van der Waals surface area contributed by atoms with Gasteiger partial charge in [-0.2, -0.15) is 0 Å². The summed E-state index contributed by atoms with van der Waals surface area (Å²) in [5.41, 5.74) is 1.69. The maximum absolute atomic E-state index is 9.81. The molecule has 0 radical (unpaired) electrons. The lowest BCUT2D eigenvalue weighted by atomic mass is 10.1. The van der Waals surface area contributed by atoms with Gasteiger partial charge < -0.3 is 5.11 Å². The second kappa shape index (κ2) is 4.17. The van der Waals surface area contributed by atoms with Crippen molar-refractivity contribution in [2.24, 2.45) is 0 Å². The predicted octanol–water partition coefficient (Wildman–Crippen LogP) is 4.00. The number of hydrogen-bond donors (Lipinski definition) is 2. The van der Waals surface area contributed by atoms with Crippen LogP contribution in [-0.2, 0) is 0 Å². The van der Waals surface area contributed by atoms with Crippen LogP contribution in [0.1, 0.15) is 0 Å². The Balaban J connectivity index is 2.54. The van der Waals surface area contributed by atoms with Gasteiger partial charge in [0.2, 0.25) is 0 Å². The Hall–Kier alpha value is -1.12. The van der Waals surface area contributed by atoms with E-state index in [1.807, 2.05) is 24.3 Å². The molecule has 0 atom stereocenters. The molecule has 0 aliphatic carbocycles. The van der Waals surface area contributed by atoms with Crippen molar-refractivity contribution < 1.29 is 5.11 Å². The smallest absolute Gasteiger partial charge is 0.136 e. The molecule has 0 aliphatic heterocycles. The molecule has 0 amide bonds. The normalized spacial score (nSPS) is 10.3. The number of aromatic hydroxyl groups is 1. The molecule has 2 rings (SSSR count). The van der Waals surface area contributed by atoms with E-state index >= 15 is 0 Å². The second-order valence-corrected chi connectivity index (χ2v) is 4.10. The van der Waals surface area contributed by atoms with Crippen molar-refractivity contribution in [3.8, 4) is 16.9 Å². The molecule has 0 unspecified atom stereocenters.